The van der Waals surface area contributed by atoms with Gasteiger partial charge in [-0.2, -0.15) is 0 Å². The summed E-state index contributed by atoms with van der Waals surface area (Å²) in [7, 11) is 0. The molecule has 1 atom stereocenters. The van der Waals surface area contributed by atoms with Crippen LogP contribution in [0.15, 0.2) is 30.6 Å². The van der Waals surface area contributed by atoms with Gasteiger partial charge in [0, 0.05) is 18.0 Å². The molecule has 0 aliphatic rings. The van der Waals surface area contributed by atoms with E-state index in [1.807, 2.05) is 26.0 Å². The molecule has 0 bridgehead atoms. The van der Waals surface area contributed by atoms with E-state index in [2.05, 4.69) is 9.97 Å². The van der Waals surface area contributed by atoms with Gasteiger partial charge in [-0.15, -0.1) is 0 Å². The number of hydrogen-bond acceptors (Lipinski definition) is 4. The van der Waals surface area contributed by atoms with Gasteiger partial charge >= 0.3 is 0 Å². The van der Waals surface area contributed by atoms with Crippen LogP contribution in [0.1, 0.15) is 28.5 Å². The first kappa shape index (κ1) is 11.5. The fraction of sp³-hybridized carbons (Fsp3) is 0.231. The maximum absolute atomic E-state index is 10.3. The summed E-state index contributed by atoms with van der Waals surface area (Å²) in [4.78, 5) is 8.20. The van der Waals surface area contributed by atoms with E-state index in [-0.39, 0.29) is 0 Å². The van der Waals surface area contributed by atoms with E-state index in [0.717, 1.165) is 11.1 Å². The van der Waals surface area contributed by atoms with Gasteiger partial charge in [0.05, 0.1) is 5.69 Å². The fourth-order valence-corrected chi connectivity index (χ4v) is 1.74. The van der Waals surface area contributed by atoms with Gasteiger partial charge in [-0.05, 0) is 37.1 Å². The van der Waals surface area contributed by atoms with Crippen molar-refractivity contribution in [1.82, 2.24) is 9.97 Å². The molecule has 4 nitrogen and oxygen atoms in total. The first-order chi connectivity index (χ1) is 8.09. The maximum atomic E-state index is 10.3. The molecular weight excluding hydrogens is 214 g/mol. The fourth-order valence-electron chi connectivity index (χ4n) is 1.74. The molecule has 0 aliphatic carbocycles. The number of hydrogen-bond donors (Lipinski definition) is 2. The van der Waals surface area contributed by atoms with Crippen LogP contribution < -0.4 is 5.73 Å². The van der Waals surface area contributed by atoms with Crippen molar-refractivity contribution in [1.29, 1.82) is 0 Å². The van der Waals surface area contributed by atoms with Crippen molar-refractivity contribution >= 4 is 5.82 Å². The van der Waals surface area contributed by atoms with Gasteiger partial charge in [-0.1, -0.05) is 6.07 Å². The second-order valence-corrected chi connectivity index (χ2v) is 4.09. The number of nitrogen functional groups attached to an aromatic ring is 1. The minimum Gasteiger partial charge on any atom is -0.383 e. The number of aromatic nitrogens is 2. The molecule has 4 heteroatoms. The molecule has 2 aromatic heterocycles. The lowest BCUT2D eigenvalue weighted by molar-refractivity contribution is 0.215. The zero-order valence-corrected chi connectivity index (χ0v) is 9.88. The number of aliphatic hydroxyl groups is 1. The molecule has 88 valence electrons. The minimum atomic E-state index is -0.829. The molecule has 0 spiro atoms. The number of aliphatic hydroxyl groups excluding tert-OH is 1. The molecule has 0 amide bonds. The largest absolute Gasteiger partial charge is 0.383 e. The number of nitrogens with two attached hydrogens (primary N) is 1. The van der Waals surface area contributed by atoms with Crippen LogP contribution in [-0.4, -0.2) is 15.1 Å². The van der Waals surface area contributed by atoms with Crippen LogP contribution in [0, 0.1) is 13.8 Å². The number of nitrogens with zero attached hydrogens (tertiary/aromatic N) is 2. The second kappa shape index (κ2) is 4.51. The van der Waals surface area contributed by atoms with Crippen molar-refractivity contribution in [2.45, 2.75) is 20.0 Å². The average molecular weight is 229 g/mol. The van der Waals surface area contributed by atoms with Crippen LogP contribution in [0.25, 0.3) is 0 Å². The molecule has 0 radical (unpaired) electrons. The molecule has 2 rings (SSSR count). The van der Waals surface area contributed by atoms with Crippen LogP contribution in [0.3, 0.4) is 0 Å². The minimum absolute atomic E-state index is 0.347. The Hall–Kier alpha value is -1.94. The van der Waals surface area contributed by atoms with Gasteiger partial charge in [0.1, 0.15) is 11.9 Å². The van der Waals surface area contributed by atoms with E-state index < -0.39 is 6.10 Å². The monoisotopic (exact) mass is 229 g/mol. The number of aryl methyl sites for hydroxylation is 2. The Balaban J connectivity index is 2.43. The summed E-state index contributed by atoms with van der Waals surface area (Å²) >= 11 is 0. The highest BCUT2D eigenvalue weighted by Gasteiger charge is 2.17. The average Bonchev–Trinajstić information content (AvgIpc) is 2.29. The highest BCUT2D eigenvalue weighted by Crippen LogP contribution is 2.26. The molecule has 1 unspecified atom stereocenters. The molecule has 2 heterocycles. The molecule has 0 fully saturated rings. The highest BCUT2D eigenvalue weighted by molar-refractivity contribution is 5.47. The van der Waals surface area contributed by atoms with Crippen molar-refractivity contribution in [2.24, 2.45) is 0 Å². The Labute approximate surface area is 100 Å². The van der Waals surface area contributed by atoms with Crippen molar-refractivity contribution in [3.8, 4) is 0 Å². The van der Waals surface area contributed by atoms with Gasteiger partial charge < -0.3 is 10.8 Å². The standard InChI is InChI=1S/C13H15N3O/c1-8-3-4-10(16-7-8)12(17)11-9(2)5-6-15-13(11)14/h3-7,12,17H,1-2H3,(H2,14,15). The van der Waals surface area contributed by atoms with E-state index in [4.69, 9.17) is 5.73 Å². The number of pyridine rings is 2. The predicted molar refractivity (Wildman–Crippen MR) is 66.4 cm³/mol. The summed E-state index contributed by atoms with van der Waals surface area (Å²) in [5.41, 5.74) is 8.96. The van der Waals surface area contributed by atoms with Gasteiger partial charge in [0.15, 0.2) is 0 Å². The number of anilines is 1. The summed E-state index contributed by atoms with van der Waals surface area (Å²) in [6.07, 6.45) is 2.52. The van der Waals surface area contributed by atoms with E-state index >= 15 is 0 Å². The van der Waals surface area contributed by atoms with Crippen molar-refractivity contribution in [3.63, 3.8) is 0 Å². The summed E-state index contributed by atoms with van der Waals surface area (Å²) in [5.74, 6) is 0.347. The van der Waals surface area contributed by atoms with E-state index in [0.29, 0.717) is 17.1 Å². The van der Waals surface area contributed by atoms with Gasteiger partial charge in [0.25, 0.3) is 0 Å². The lowest BCUT2D eigenvalue weighted by Gasteiger charge is -2.14. The normalized spacial score (nSPS) is 12.4. The Kier molecular flexibility index (Phi) is 3.06. The maximum Gasteiger partial charge on any atom is 0.129 e. The first-order valence-electron chi connectivity index (χ1n) is 5.41. The predicted octanol–water partition coefficient (Wildman–Crippen LogP) is 1.76. The molecule has 0 aliphatic heterocycles. The van der Waals surface area contributed by atoms with Crippen molar-refractivity contribution in [3.05, 3.63) is 53.0 Å². The SMILES string of the molecule is Cc1ccc(C(O)c2c(C)ccnc2N)nc1. The van der Waals surface area contributed by atoms with Crippen LogP contribution in [0.4, 0.5) is 5.82 Å². The van der Waals surface area contributed by atoms with Gasteiger partial charge in [0.2, 0.25) is 0 Å². The van der Waals surface area contributed by atoms with Crippen LogP contribution >= 0.6 is 0 Å². The Morgan fingerprint density at radius 3 is 2.53 bits per heavy atom. The Bertz CT molecular complexity index is 502. The van der Waals surface area contributed by atoms with Crippen molar-refractivity contribution < 1.29 is 5.11 Å². The molecule has 0 saturated heterocycles. The zero-order chi connectivity index (χ0) is 12.4. The lowest BCUT2D eigenvalue weighted by atomic mass is 10.0. The van der Waals surface area contributed by atoms with Crippen LogP contribution in [-0.2, 0) is 0 Å². The third-order valence-corrected chi connectivity index (χ3v) is 2.73. The van der Waals surface area contributed by atoms with Crippen molar-refractivity contribution in [2.75, 3.05) is 5.73 Å². The zero-order valence-electron chi connectivity index (χ0n) is 9.88. The summed E-state index contributed by atoms with van der Waals surface area (Å²) in [6, 6.07) is 5.53. The van der Waals surface area contributed by atoms with E-state index in [9.17, 15) is 5.11 Å². The summed E-state index contributed by atoms with van der Waals surface area (Å²) in [5, 5.41) is 10.3. The molecule has 3 N–H and O–H groups in total. The van der Waals surface area contributed by atoms with Crippen LogP contribution in [0.5, 0.6) is 0 Å². The molecule has 0 aromatic carbocycles. The Morgan fingerprint density at radius 1 is 1.18 bits per heavy atom. The Morgan fingerprint density at radius 2 is 1.94 bits per heavy atom. The van der Waals surface area contributed by atoms with E-state index in [1.54, 1.807) is 18.5 Å². The quantitative estimate of drug-likeness (QED) is 0.823. The summed E-state index contributed by atoms with van der Waals surface area (Å²) in [6.45, 7) is 3.84. The van der Waals surface area contributed by atoms with Crippen LogP contribution in [0.2, 0.25) is 0 Å². The van der Waals surface area contributed by atoms with Gasteiger partial charge in [-0.25, -0.2) is 4.98 Å². The highest BCUT2D eigenvalue weighted by atomic mass is 16.3. The third kappa shape index (κ3) is 2.26. The second-order valence-electron chi connectivity index (χ2n) is 4.09. The molecule has 0 saturated carbocycles. The topological polar surface area (TPSA) is 72.0 Å². The van der Waals surface area contributed by atoms with E-state index in [1.165, 1.54) is 0 Å². The molecule has 17 heavy (non-hydrogen) atoms. The molecule has 2 aromatic rings. The first-order valence-corrected chi connectivity index (χ1v) is 5.41. The number of rotatable bonds is 2. The van der Waals surface area contributed by atoms with Gasteiger partial charge in [-0.3, -0.25) is 4.98 Å². The third-order valence-electron chi connectivity index (χ3n) is 2.73. The smallest absolute Gasteiger partial charge is 0.129 e. The lowest BCUT2D eigenvalue weighted by Crippen LogP contribution is -2.09. The molecular formula is C13H15N3O. The summed E-state index contributed by atoms with van der Waals surface area (Å²) < 4.78 is 0.